The number of hydrogen-bond acceptors (Lipinski definition) is 1. The Labute approximate surface area is 179 Å². The van der Waals surface area contributed by atoms with E-state index in [0.29, 0.717) is 0 Å². The lowest BCUT2D eigenvalue weighted by Gasteiger charge is -2.43. The van der Waals surface area contributed by atoms with Crippen LogP contribution in [0.25, 0.3) is 0 Å². The molecule has 0 aromatic heterocycles. The van der Waals surface area contributed by atoms with Crippen LogP contribution in [-0.2, 0) is 10.8 Å². The molecule has 0 heterocycles. The van der Waals surface area contributed by atoms with Crippen molar-refractivity contribution in [2.75, 3.05) is 0 Å². The number of para-hydroxylation sites is 2. The molecular formula is C28H42O. The standard InChI is InChI=1S/C28H42O/c1-11-25(3,4)27(7,8)21-17-13-15-19-23(21)29-24-20-16-14-18-22(24)28(9,10)26(5,6)12-2/h13-20H,11-12H2,1-10H3. The van der Waals surface area contributed by atoms with Gasteiger partial charge in [-0.15, -0.1) is 0 Å². The van der Waals surface area contributed by atoms with Gasteiger partial charge in [0.15, 0.2) is 0 Å². The third-order valence-electron chi connectivity index (χ3n) is 8.49. The normalized spacial score (nSPS) is 13.4. The molecule has 29 heavy (non-hydrogen) atoms. The van der Waals surface area contributed by atoms with E-state index in [1.165, 1.54) is 11.1 Å². The molecule has 0 N–H and O–H groups in total. The topological polar surface area (TPSA) is 9.23 Å². The molecule has 0 saturated carbocycles. The van der Waals surface area contributed by atoms with E-state index in [2.05, 4.69) is 118 Å². The molecule has 160 valence electrons. The Kier molecular flexibility index (Phi) is 6.62. The highest BCUT2D eigenvalue weighted by Gasteiger charge is 2.40. The molecule has 0 amide bonds. The van der Waals surface area contributed by atoms with Crippen LogP contribution in [0.2, 0.25) is 0 Å². The zero-order chi connectivity index (χ0) is 22.1. The van der Waals surface area contributed by atoms with E-state index in [-0.39, 0.29) is 21.7 Å². The minimum absolute atomic E-state index is 0.00844. The van der Waals surface area contributed by atoms with Crippen molar-refractivity contribution in [3.8, 4) is 11.5 Å². The van der Waals surface area contributed by atoms with Crippen LogP contribution in [0.5, 0.6) is 11.5 Å². The first-order valence-electron chi connectivity index (χ1n) is 11.2. The van der Waals surface area contributed by atoms with Gasteiger partial charge in [-0.2, -0.15) is 0 Å². The molecule has 0 saturated heterocycles. The summed E-state index contributed by atoms with van der Waals surface area (Å²) < 4.78 is 6.69. The summed E-state index contributed by atoms with van der Waals surface area (Å²) >= 11 is 0. The highest BCUT2D eigenvalue weighted by Crippen LogP contribution is 2.50. The second-order valence-electron chi connectivity index (χ2n) is 10.8. The molecule has 0 aliphatic carbocycles. The van der Waals surface area contributed by atoms with Crippen molar-refractivity contribution in [1.29, 1.82) is 0 Å². The summed E-state index contributed by atoms with van der Waals surface area (Å²) in [5, 5.41) is 0. The molecule has 0 unspecified atom stereocenters. The minimum Gasteiger partial charge on any atom is -0.457 e. The average molecular weight is 395 g/mol. The van der Waals surface area contributed by atoms with Gasteiger partial charge in [-0.05, 0) is 33.8 Å². The van der Waals surface area contributed by atoms with Gasteiger partial charge >= 0.3 is 0 Å². The molecular weight excluding hydrogens is 352 g/mol. The SMILES string of the molecule is CCC(C)(C)C(C)(C)c1ccccc1Oc1ccccc1C(C)(C)C(C)(C)CC. The Morgan fingerprint density at radius 2 is 0.862 bits per heavy atom. The van der Waals surface area contributed by atoms with Crippen molar-refractivity contribution in [2.24, 2.45) is 10.8 Å². The maximum absolute atomic E-state index is 6.69. The Morgan fingerprint density at radius 1 is 0.552 bits per heavy atom. The molecule has 0 fully saturated rings. The maximum atomic E-state index is 6.69. The summed E-state index contributed by atoms with van der Waals surface area (Å²) in [6.45, 7) is 23.3. The Morgan fingerprint density at radius 3 is 1.17 bits per heavy atom. The van der Waals surface area contributed by atoms with Crippen LogP contribution in [0, 0.1) is 10.8 Å². The van der Waals surface area contributed by atoms with E-state index in [0.717, 1.165) is 24.3 Å². The van der Waals surface area contributed by atoms with Crippen molar-refractivity contribution in [3.63, 3.8) is 0 Å². The maximum Gasteiger partial charge on any atom is 0.131 e. The summed E-state index contributed by atoms with van der Waals surface area (Å²) in [7, 11) is 0. The van der Waals surface area contributed by atoms with E-state index >= 15 is 0 Å². The van der Waals surface area contributed by atoms with Gasteiger partial charge in [0.1, 0.15) is 11.5 Å². The summed E-state index contributed by atoms with van der Waals surface area (Å²) in [5.41, 5.74) is 2.85. The smallest absolute Gasteiger partial charge is 0.131 e. The van der Waals surface area contributed by atoms with Gasteiger partial charge in [0.05, 0.1) is 0 Å². The van der Waals surface area contributed by atoms with Crippen molar-refractivity contribution >= 4 is 0 Å². The average Bonchev–Trinajstić information content (AvgIpc) is 2.68. The molecule has 2 aromatic rings. The van der Waals surface area contributed by atoms with Crippen LogP contribution in [0.4, 0.5) is 0 Å². The monoisotopic (exact) mass is 394 g/mol. The van der Waals surface area contributed by atoms with Gasteiger partial charge in [-0.25, -0.2) is 0 Å². The van der Waals surface area contributed by atoms with Crippen LogP contribution in [0.1, 0.15) is 93.2 Å². The largest absolute Gasteiger partial charge is 0.457 e. The molecule has 0 spiro atoms. The van der Waals surface area contributed by atoms with Gasteiger partial charge in [-0.1, -0.05) is 118 Å². The molecule has 0 aliphatic rings. The van der Waals surface area contributed by atoms with Crippen LogP contribution in [-0.4, -0.2) is 0 Å². The Bertz CT molecular complexity index is 754. The van der Waals surface area contributed by atoms with Gasteiger partial charge in [-0.3, -0.25) is 0 Å². The molecule has 0 radical (unpaired) electrons. The lowest BCUT2D eigenvalue weighted by molar-refractivity contribution is 0.181. The zero-order valence-electron chi connectivity index (χ0n) is 20.4. The second kappa shape index (κ2) is 8.17. The second-order valence-corrected chi connectivity index (χ2v) is 10.8. The highest BCUT2D eigenvalue weighted by atomic mass is 16.5. The number of benzene rings is 2. The van der Waals surface area contributed by atoms with Crippen LogP contribution >= 0.6 is 0 Å². The fourth-order valence-electron chi connectivity index (χ4n) is 3.88. The van der Waals surface area contributed by atoms with Gasteiger partial charge < -0.3 is 4.74 Å². The lowest BCUT2D eigenvalue weighted by Crippen LogP contribution is -2.37. The van der Waals surface area contributed by atoms with E-state index in [9.17, 15) is 0 Å². The zero-order valence-corrected chi connectivity index (χ0v) is 20.4. The van der Waals surface area contributed by atoms with Gasteiger partial charge in [0.25, 0.3) is 0 Å². The van der Waals surface area contributed by atoms with Crippen LogP contribution < -0.4 is 4.74 Å². The Hall–Kier alpha value is -1.76. The third kappa shape index (κ3) is 4.25. The summed E-state index contributed by atoms with van der Waals surface area (Å²) in [4.78, 5) is 0. The summed E-state index contributed by atoms with van der Waals surface area (Å²) in [5.74, 6) is 1.94. The minimum atomic E-state index is -0.00844. The quantitative estimate of drug-likeness (QED) is 0.434. The number of ether oxygens (including phenoxy) is 1. The molecule has 0 aliphatic heterocycles. The van der Waals surface area contributed by atoms with Crippen molar-refractivity contribution < 1.29 is 4.74 Å². The molecule has 2 aromatic carbocycles. The summed E-state index contributed by atoms with van der Waals surface area (Å²) in [6.07, 6.45) is 2.23. The number of hydrogen-bond donors (Lipinski definition) is 0. The van der Waals surface area contributed by atoms with E-state index in [4.69, 9.17) is 4.74 Å². The van der Waals surface area contributed by atoms with Gasteiger partial charge in [0, 0.05) is 11.1 Å². The van der Waals surface area contributed by atoms with Crippen molar-refractivity contribution in [1.82, 2.24) is 0 Å². The van der Waals surface area contributed by atoms with Crippen molar-refractivity contribution in [2.45, 2.75) is 92.9 Å². The molecule has 1 heteroatoms. The van der Waals surface area contributed by atoms with E-state index in [1.54, 1.807) is 0 Å². The first kappa shape index (κ1) is 23.5. The molecule has 1 nitrogen and oxygen atoms in total. The fourth-order valence-corrected chi connectivity index (χ4v) is 3.88. The first-order valence-corrected chi connectivity index (χ1v) is 11.2. The fraction of sp³-hybridized carbons (Fsp3) is 0.571. The molecule has 2 rings (SSSR count). The van der Waals surface area contributed by atoms with Gasteiger partial charge in [0.2, 0.25) is 0 Å². The van der Waals surface area contributed by atoms with Crippen molar-refractivity contribution in [3.05, 3.63) is 59.7 Å². The first-order chi connectivity index (χ1) is 13.3. The van der Waals surface area contributed by atoms with E-state index < -0.39 is 0 Å². The number of rotatable bonds is 8. The Balaban J connectivity index is 2.57. The highest BCUT2D eigenvalue weighted by molar-refractivity contribution is 5.47. The van der Waals surface area contributed by atoms with E-state index in [1.807, 2.05) is 0 Å². The lowest BCUT2D eigenvalue weighted by atomic mass is 9.62. The molecule has 0 atom stereocenters. The predicted molar refractivity (Wildman–Crippen MR) is 127 cm³/mol. The third-order valence-corrected chi connectivity index (χ3v) is 8.49. The van der Waals surface area contributed by atoms with Crippen LogP contribution in [0.15, 0.2) is 48.5 Å². The predicted octanol–water partition coefficient (Wildman–Crippen LogP) is 8.91. The molecule has 0 bridgehead atoms. The summed E-state index contributed by atoms with van der Waals surface area (Å²) in [6, 6.07) is 17.1. The van der Waals surface area contributed by atoms with Crippen LogP contribution in [0.3, 0.4) is 0 Å².